The van der Waals surface area contributed by atoms with Crippen LogP contribution in [0.25, 0.3) is 0 Å². The van der Waals surface area contributed by atoms with Crippen molar-refractivity contribution in [2.45, 2.75) is 6.92 Å². The molecule has 1 aliphatic rings. The van der Waals surface area contributed by atoms with Gasteiger partial charge in [-0.25, -0.2) is 0 Å². The zero-order valence-electron chi connectivity index (χ0n) is 14.5. The molecule has 0 fully saturated rings. The van der Waals surface area contributed by atoms with Gasteiger partial charge in [-0.05, 0) is 49.4 Å². The summed E-state index contributed by atoms with van der Waals surface area (Å²) in [5.41, 5.74) is 1.71. The number of nitrogens with one attached hydrogen (secondary N) is 1. The molecule has 0 saturated heterocycles. The van der Waals surface area contributed by atoms with Crippen LogP contribution in [0.4, 0.5) is 11.4 Å². The quantitative estimate of drug-likeness (QED) is 0.811. The van der Waals surface area contributed by atoms with Crippen LogP contribution in [0.15, 0.2) is 55.1 Å². The molecule has 0 saturated carbocycles. The van der Waals surface area contributed by atoms with E-state index >= 15 is 0 Å². The fourth-order valence-electron chi connectivity index (χ4n) is 2.68. The molecule has 2 aromatic carbocycles. The third-order valence-corrected chi connectivity index (χ3v) is 3.90. The van der Waals surface area contributed by atoms with Gasteiger partial charge in [-0.2, -0.15) is 0 Å². The van der Waals surface area contributed by atoms with Crippen LogP contribution in [-0.2, 0) is 4.79 Å². The van der Waals surface area contributed by atoms with Gasteiger partial charge in [-0.15, -0.1) is 6.58 Å². The number of fused-ring (bicyclic) bond motifs is 1. The highest BCUT2D eigenvalue weighted by Crippen LogP contribution is 2.34. The Morgan fingerprint density at radius 1 is 1.31 bits per heavy atom. The minimum absolute atomic E-state index is 0.00126. The molecule has 0 bridgehead atoms. The summed E-state index contributed by atoms with van der Waals surface area (Å²) in [6, 6.07) is 12.1. The number of amides is 2. The van der Waals surface area contributed by atoms with Crippen molar-refractivity contribution in [1.82, 2.24) is 0 Å². The minimum Gasteiger partial charge on any atom is -0.494 e. The number of hydrogen-bond acceptors (Lipinski definition) is 4. The lowest BCUT2D eigenvalue weighted by Gasteiger charge is -2.28. The molecule has 26 heavy (non-hydrogen) atoms. The van der Waals surface area contributed by atoms with Gasteiger partial charge in [0, 0.05) is 17.8 Å². The van der Waals surface area contributed by atoms with Crippen LogP contribution in [0.2, 0.25) is 0 Å². The molecule has 0 aliphatic carbocycles. The average molecular weight is 352 g/mol. The van der Waals surface area contributed by atoms with E-state index in [9.17, 15) is 9.59 Å². The zero-order valence-corrected chi connectivity index (χ0v) is 14.5. The SMILES string of the molecule is C=CCN1C(=O)COc2ccc(NC(=O)c3ccc(OCC)cc3)cc21. The first-order valence-corrected chi connectivity index (χ1v) is 8.34. The maximum absolute atomic E-state index is 12.4. The standard InChI is InChI=1S/C20H20N2O4/c1-3-11-22-17-12-15(7-10-18(17)26-13-19(22)23)21-20(24)14-5-8-16(9-6-14)25-4-2/h3,5-10,12H,1,4,11,13H2,2H3,(H,21,24). The Hall–Kier alpha value is -3.28. The van der Waals surface area contributed by atoms with E-state index in [2.05, 4.69) is 11.9 Å². The number of benzene rings is 2. The second-order valence-corrected chi connectivity index (χ2v) is 5.68. The number of carbonyl (C=O) groups is 2. The predicted molar refractivity (Wildman–Crippen MR) is 100 cm³/mol. The first kappa shape index (κ1) is 17.5. The Balaban J connectivity index is 1.79. The number of nitrogens with zero attached hydrogens (tertiary/aromatic N) is 1. The van der Waals surface area contributed by atoms with Crippen LogP contribution in [0, 0.1) is 0 Å². The highest BCUT2D eigenvalue weighted by Gasteiger charge is 2.25. The molecule has 134 valence electrons. The molecule has 0 atom stereocenters. The third kappa shape index (κ3) is 3.69. The van der Waals surface area contributed by atoms with Gasteiger partial charge in [-0.3, -0.25) is 9.59 Å². The number of carbonyl (C=O) groups excluding carboxylic acids is 2. The Kier molecular flexibility index (Phi) is 5.22. The van der Waals surface area contributed by atoms with Crippen molar-refractivity contribution < 1.29 is 19.1 Å². The van der Waals surface area contributed by atoms with Gasteiger partial charge in [0.25, 0.3) is 11.8 Å². The highest BCUT2D eigenvalue weighted by atomic mass is 16.5. The van der Waals surface area contributed by atoms with Crippen molar-refractivity contribution in [3.8, 4) is 11.5 Å². The van der Waals surface area contributed by atoms with E-state index in [1.165, 1.54) is 0 Å². The molecule has 3 rings (SSSR count). The van der Waals surface area contributed by atoms with Gasteiger partial charge in [0.2, 0.25) is 0 Å². The van der Waals surface area contributed by atoms with Crippen molar-refractivity contribution in [3.05, 3.63) is 60.7 Å². The molecule has 0 radical (unpaired) electrons. The number of rotatable bonds is 6. The maximum atomic E-state index is 12.4. The summed E-state index contributed by atoms with van der Waals surface area (Å²) in [5.74, 6) is 0.929. The first-order chi connectivity index (χ1) is 12.6. The van der Waals surface area contributed by atoms with Crippen LogP contribution in [0.5, 0.6) is 11.5 Å². The van der Waals surface area contributed by atoms with Crippen LogP contribution >= 0.6 is 0 Å². The molecule has 1 heterocycles. The van der Waals surface area contributed by atoms with Crippen molar-refractivity contribution in [2.24, 2.45) is 0 Å². The molecule has 0 spiro atoms. The summed E-state index contributed by atoms with van der Waals surface area (Å²) in [5, 5.41) is 2.84. The molecule has 0 unspecified atom stereocenters. The number of anilines is 2. The van der Waals surface area contributed by atoms with Gasteiger partial charge < -0.3 is 19.7 Å². The van der Waals surface area contributed by atoms with Crippen LogP contribution in [0.1, 0.15) is 17.3 Å². The van der Waals surface area contributed by atoms with Gasteiger partial charge >= 0.3 is 0 Å². The molecule has 6 heteroatoms. The molecule has 1 aliphatic heterocycles. The van der Waals surface area contributed by atoms with Gasteiger partial charge in [0.05, 0.1) is 12.3 Å². The molecule has 2 aromatic rings. The maximum Gasteiger partial charge on any atom is 0.265 e. The fraction of sp³-hybridized carbons (Fsp3) is 0.200. The van der Waals surface area contributed by atoms with Crippen LogP contribution < -0.4 is 19.7 Å². The Labute approximate surface area is 152 Å². The predicted octanol–water partition coefficient (Wildman–Crippen LogP) is 3.25. The Morgan fingerprint density at radius 2 is 2.08 bits per heavy atom. The second-order valence-electron chi connectivity index (χ2n) is 5.68. The minimum atomic E-state index is -0.244. The molecule has 2 amide bonds. The van der Waals surface area contributed by atoms with Crippen molar-refractivity contribution in [2.75, 3.05) is 30.0 Å². The smallest absolute Gasteiger partial charge is 0.265 e. The van der Waals surface area contributed by atoms with Gasteiger partial charge in [-0.1, -0.05) is 6.08 Å². The molecular formula is C20H20N2O4. The van der Waals surface area contributed by atoms with E-state index in [1.807, 2.05) is 6.92 Å². The largest absolute Gasteiger partial charge is 0.494 e. The zero-order chi connectivity index (χ0) is 18.5. The van der Waals surface area contributed by atoms with E-state index in [1.54, 1.807) is 53.4 Å². The summed E-state index contributed by atoms with van der Waals surface area (Å²) < 4.78 is 10.8. The van der Waals surface area contributed by atoms with Crippen molar-refractivity contribution in [3.63, 3.8) is 0 Å². The fourth-order valence-corrected chi connectivity index (χ4v) is 2.68. The van der Waals surface area contributed by atoms with Crippen LogP contribution in [-0.4, -0.2) is 31.6 Å². The molecule has 1 N–H and O–H groups in total. The molecule has 6 nitrogen and oxygen atoms in total. The lowest BCUT2D eigenvalue weighted by atomic mass is 10.1. The van der Waals surface area contributed by atoms with Gasteiger partial charge in [0.15, 0.2) is 6.61 Å². The summed E-state index contributed by atoms with van der Waals surface area (Å²) in [7, 11) is 0. The molecule has 0 aromatic heterocycles. The summed E-state index contributed by atoms with van der Waals surface area (Å²) in [6.45, 7) is 6.53. The summed E-state index contributed by atoms with van der Waals surface area (Å²) in [6.07, 6.45) is 1.65. The highest BCUT2D eigenvalue weighted by molar-refractivity contribution is 6.05. The monoisotopic (exact) mass is 352 g/mol. The topological polar surface area (TPSA) is 67.9 Å². The first-order valence-electron chi connectivity index (χ1n) is 8.34. The van der Waals surface area contributed by atoms with Crippen molar-refractivity contribution >= 4 is 23.2 Å². The Morgan fingerprint density at radius 3 is 2.77 bits per heavy atom. The summed E-state index contributed by atoms with van der Waals surface area (Å²) in [4.78, 5) is 26.1. The lowest BCUT2D eigenvalue weighted by molar-refractivity contribution is -0.121. The van der Waals surface area contributed by atoms with E-state index in [-0.39, 0.29) is 18.4 Å². The van der Waals surface area contributed by atoms with Gasteiger partial charge in [0.1, 0.15) is 11.5 Å². The van der Waals surface area contributed by atoms with E-state index in [0.717, 1.165) is 0 Å². The average Bonchev–Trinajstić information content (AvgIpc) is 2.65. The number of hydrogen-bond donors (Lipinski definition) is 1. The second kappa shape index (κ2) is 7.74. The van der Waals surface area contributed by atoms with E-state index in [0.29, 0.717) is 41.6 Å². The Bertz CT molecular complexity index is 830. The number of ether oxygens (including phenoxy) is 2. The normalized spacial score (nSPS) is 12.8. The van der Waals surface area contributed by atoms with E-state index < -0.39 is 0 Å². The van der Waals surface area contributed by atoms with E-state index in [4.69, 9.17) is 9.47 Å². The lowest BCUT2D eigenvalue weighted by Crippen LogP contribution is -2.38. The van der Waals surface area contributed by atoms with Crippen molar-refractivity contribution in [1.29, 1.82) is 0 Å². The summed E-state index contributed by atoms with van der Waals surface area (Å²) >= 11 is 0. The third-order valence-electron chi connectivity index (χ3n) is 3.90. The van der Waals surface area contributed by atoms with Crippen LogP contribution in [0.3, 0.4) is 0 Å². The molecular weight excluding hydrogens is 332 g/mol.